The lowest BCUT2D eigenvalue weighted by atomic mass is 10.1. The molecule has 1 N–H and O–H groups in total. The Hall–Kier alpha value is -2.23. The SMILES string of the molecule is O=C1NC(=S)N(c2ccc(F)cc2)C(=O)[C@@H]1C=NCCN1CCOCC1. The van der Waals surface area contributed by atoms with E-state index in [4.69, 9.17) is 17.0 Å². The van der Waals surface area contributed by atoms with Gasteiger partial charge in [0.05, 0.1) is 25.4 Å². The van der Waals surface area contributed by atoms with Crippen molar-refractivity contribution in [3.05, 3.63) is 30.1 Å². The molecule has 1 aromatic carbocycles. The number of amides is 2. The number of aliphatic imine (C=N–C) groups is 1. The van der Waals surface area contributed by atoms with Gasteiger partial charge in [-0.15, -0.1) is 0 Å². The topological polar surface area (TPSA) is 74.2 Å². The van der Waals surface area contributed by atoms with E-state index in [1.165, 1.54) is 35.4 Å². The summed E-state index contributed by atoms with van der Waals surface area (Å²) in [5.41, 5.74) is 0.396. The number of rotatable bonds is 5. The molecule has 138 valence electrons. The first kappa shape index (κ1) is 18.6. The second-order valence-corrected chi connectivity index (χ2v) is 6.32. The first-order valence-corrected chi connectivity index (χ1v) is 8.71. The number of hydrogen-bond acceptors (Lipinski definition) is 6. The third kappa shape index (κ3) is 4.29. The van der Waals surface area contributed by atoms with Gasteiger partial charge in [0.2, 0.25) is 5.91 Å². The summed E-state index contributed by atoms with van der Waals surface area (Å²) < 4.78 is 18.4. The monoisotopic (exact) mass is 378 g/mol. The summed E-state index contributed by atoms with van der Waals surface area (Å²) in [6, 6.07) is 5.33. The van der Waals surface area contributed by atoms with Crippen molar-refractivity contribution in [1.82, 2.24) is 10.2 Å². The van der Waals surface area contributed by atoms with Crippen LogP contribution in [0.2, 0.25) is 0 Å². The molecule has 7 nitrogen and oxygen atoms in total. The van der Waals surface area contributed by atoms with E-state index >= 15 is 0 Å². The van der Waals surface area contributed by atoms with E-state index in [-0.39, 0.29) is 5.11 Å². The van der Waals surface area contributed by atoms with Crippen LogP contribution in [0.15, 0.2) is 29.3 Å². The summed E-state index contributed by atoms with van der Waals surface area (Å²) in [5, 5.41) is 2.48. The number of hydrogen-bond donors (Lipinski definition) is 1. The maximum absolute atomic E-state index is 13.1. The van der Waals surface area contributed by atoms with Gasteiger partial charge in [-0.05, 0) is 36.5 Å². The third-order valence-corrected chi connectivity index (χ3v) is 4.48. The number of carbonyl (C=O) groups excluding carboxylic acids is 2. The zero-order chi connectivity index (χ0) is 18.5. The molecule has 2 saturated heterocycles. The standard InChI is InChI=1S/C17H19FN4O3S/c18-12-1-3-13(4-2-12)22-16(24)14(15(23)20-17(22)26)11-19-5-6-21-7-9-25-10-8-21/h1-4,11,14H,5-10H2,(H,20,23,26)/t14-/m1/s1. The van der Waals surface area contributed by atoms with Gasteiger partial charge in [0.25, 0.3) is 5.91 Å². The molecule has 1 aromatic rings. The molecule has 2 fully saturated rings. The van der Waals surface area contributed by atoms with Crippen molar-refractivity contribution < 1.29 is 18.7 Å². The maximum Gasteiger partial charge on any atom is 0.251 e. The van der Waals surface area contributed by atoms with Crippen molar-refractivity contribution in [2.24, 2.45) is 10.9 Å². The normalized spacial score (nSPS) is 22.1. The molecule has 0 bridgehead atoms. The van der Waals surface area contributed by atoms with Crippen LogP contribution >= 0.6 is 12.2 Å². The first-order chi connectivity index (χ1) is 12.6. The zero-order valence-corrected chi connectivity index (χ0v) is 14.9. The molecule has 0 radical (unpaired) electrons. The van der Waals surface area contributed by atoms with Gasteiger partial charge in [-0.1, -0.05) is 0 Å². The Morgan fingerprint density at radius 1 is 1.27 bits per heavy atom. The number of benzene rings is 1. The minimum Gasteiger partial charge on any atom is -0.379 e. The molecule has 0 saturated carbocycles. The van der Waals surface area contributed by atoms with Gasteiger partial charge >= 0.3 is 0 Å². The summed E-state index contributed by atoms with van der Waals surface area (Å²) in [6.07, 6.45) is 1.36. The lowest BCUT2D eigenvalue weighted by molar-refractivity contribution is -0.130. The molecule has 3 rings (SSSR count). The summed E-state index contributed by atoms with van der Waals surface area (Å²) in [4.78, 5) is 32.5. The molecule has 9 heteroatoms. The highest BCUT2D eigenvalue weighted by molar-refractivity contribution is 7.80. The average Bonchev–Trinajstić information content (AvgIpc) is 2.63. The van der Waals surface area contributed by atoms with Crippen molar-refractivity contribution in [2.45, 2.75) is 0 Å². The Balaban J connectivity index is 1.65. The molecule has 26 heavy (non-hydrogen) atoms. The Labute approximate surface area is 155 Å². The maximum atomic E-state index is 13.1. The molecule has 0 spiro atoms. The van der Waals surface area contributed by atoms with Gasteiger partial charge in [-0.2, -0.15) is 0 Å². The molecular weight excluding hydrogens is 359 g/mol. The lowest BCUT2D eigenvalue weighted by Crippen LogP contribution is -2.58. The van der Waals surface area contributed by atoms with Crippen molar-refractivity contribution in [3.63, 3.8) is 0 Å². The molecule has 0 aliphatic carbocycles. The Morgan fingerprint density at radius 2 is 1.96 bits per heavy atom. The predicted octanol–water partition coefficient (Wildman–Crippen LogP) is 0.593. The fraction of sp³-hybridized carbons (Fsp3) is 0.412. The van der Waals surface area contributed by atoms with Gasteiger partial charge in [-0.3, -0.25) is 24.4 Å². The van der Waals surface area contributed by atoms with Crippen LogP contribution in [0.1, 0.15) is 0 Å². The summed E-state index contributed by atoms with van der Waals surface area (Å²) >= 11 is 5.09. The van der Waals surface area contributed by atoms with Crippen molar-refractivity contribution in [1.29, 1.82) is 0 Å². The Morgan fingerprint density at radius 3 is 2.65 bits per heavy atom. The highest BCUT2D eigenvalue weighted by atomic mass is 32.1. The second-order valence-electron chi connectivity index (χ2n) is 5.93. The van der Waals surface area contributed by atoms with Gasteiger partial charge < -0.3 is 10.1 Å². The largest absolute Gasteiger partial charge is 0.379 e. The highest BCUT2D eigenvalue weighted by Crippen LogP contribution is 2.20. The summed E-state index contributed by atoms with van der Waals surface area (Å²) in [7, 11) is 0. The molecule has 0 aromatic heterocycles. The van der Waals surface area contributed by atoms with Crippen molar-refractivity contribution >= 4 is 41.0 Å². The van der Waals surface area contributed by atoms with Crippen LogP contribution in [0.4, 0.5) is 10.1 Å². The van der Waals surface area contributed by atoms with E-state index in [9.17, 15) is 14.0 Å². The molecule has 2 heterocycles. The van der Waals surface area contributed by atoms with E-state index in [1.54, 1.807) is 0 Å². The fourth-order valence-corrected chi connectivity index (χ4v) is 3.06. The minimum absolute atomic E-state index is 0.0235. The van der Waals surface area contributed by atoms with Crippen LogP contribution in [0.3, 0.4) is 0 Å². The second kappa shape index (κ2) is 8.43. The minimum atomic E-state index is -1.06. The van der Waals surface area contributed by atoms with Crippen LogP contribution in [0, 0.1) is 11.7 Å². The van der Waals surface area contributed by atoms with E-state index < -0.39 is 23.5 Å². The quantitative estimate of drug-likeness (QED) is 0.461. The molecule has 2 aliphatic rings. The Kier molecular flexibility index (Phi) is 6.02. The molecule has 1 atom stereocenters. The fourth-order valence-electron chi connectivity index (χ4n) is 2.76. The molecule has 2 aliphatic heterocycles. The van der Waals surface area contributed by atoms with Crippen LogP contribution in [0.5, 0.6) is 0 Å². The number of thiocarbonyl (C=S) groups is 1. The number of halogens is 1. The van der Waals surface area contributed by atoms with Crippen LogP contribution in [-0.4, -0.2) is 67.4 Å². The van der Waals surface area contributed by atoms with E-state index in [1.807, 2.05) is 0 Å². The van der Waals surface area contributed by atoms with Gasteiger partial charge in [0.15, 0.2) is 11.0 Å². The number of anilines is 1. The highest BCUT2D eigenvalue weighted by Gasteiger charge is 2.38. The summed E-state index contributed by atoms with van der Waals surface area (Å²) in [6.45, 7) is 4.34. The van der Waals surface area contributed by atoms with E-state index in [2.05, 4.69) is 15.2 Å². The molecule has 0 unspecified atom stereocenters. The van der Waals surface area contributed by atoms with Crippen molar-refractivity contribution in [2.75, 3.05) is 44.3 Å². The predicted molar refractivity (Wildman–Crippen MR) is 98.7 cm³/mol. The lowest BCUT2D eigenvalue weighted by Gasteiger charge is -2.31. The van der Waals surface area contributed by atoms with Gasteiger partial charge in [0.1, 0.15) is 5.82 Å². The first-order valence-electron chi connectivity index (χ1n) is 8.30. The third-order valence-electron chi connectivity index (χ3n) is 4.19. The van der Waals surface area contributed by atoms with Crippen LogP contribution in [-0.2, 0) is 14.3 Å². The number of carbonyl (C=O) groups is 2. The van der Waals surface area contributed by atoms with Crippen molar-refractivity contribution in [3.8, 4) is 0 Å². The van der Waals surface area contributed by atoms with Crippen LogP contribution < -0.4 is 10.2 Å². The number of ether oxygens (including phenoxy) is 1. The average molecular weight is 378 g/mol. The van der Waals surface area contributed by atoms with Gasteiger partial charge in [-0.25, -0.2) is 4.39 Å². The molecule has 2 amide bonds. The van der Waals surface area contributed by atoms with Gasteiger partial charge in [0, 0.05) is 25.8 Å². The summed E-state index contributed by atoms with van der Waals surface area (Å²) in [5.74, 6) is -2.49. The number of nitrogens with one attached hydrogen (secondary N) is 1. The van der Waals surface area contributed by atoms with E-state index in [0.717, 1.165) is 19.6 Å². The van der Waals surface area contributed by atoms with E-state index in [0.29, 0.717) is 25.4 Å². The Bertz CT molecular complexity index is 719. The number of nitrogens with zero attached hydrogens (tertiary/aromatic N) is 3. The smallest absolute Gasteiger partial charge is 0.251 e. The number of morpholine rings is 1. The zero-order valence-electron chi connectivity index (χ0n) is 14.1. The van der Waals surface area contributed by atoms with Crippen LogP contribution in [0.25, 0.3) is 0 Å². The molecular formula is C17H19FN4O3S.